The van der Waals surface area contributed by atoms with Crippen molar-refractivity contribution < 1.29 is 49.6 Å². The second-order valence-corrected chi connectivity index (χ2v) is 11.1. The van der Waals surface area contributed by atoms with Crippen molar-refractivity contribution in [3.8, 4) is 0 Å². The highest BCUT2D eigenvalue weighted by molar-refractivity contribution is 5.02. The maximum atomic E-state index is 11.6. The highest BCUT2D eigenvalue weighted by atomic mass is 16.7. The van der Waals surface area contributed by atoms with Crippen LogP contribution in [0, 0.1) is 0 Å². The van der Waals surface area contributed by atoms with Gasteiger partial charge in [0.25, 0.3) is 0 Å². The van der Waals surface area contributed by atoms with Crippen molar-refractivity contribution >= 4 is 0 Å². The number of aliphatic hydroxyl groups is 6. The Balaban J connectivity index is 1.81. The summed E-state index contributed by atoms with van der Waals surface area (Å²) in [5.41, 5.74) is 29.4. The molecule has 3 fully saturated rings. The molecule has 0 radical (unpaired) electrons. The SMILES string of the molecule is NCCCN[C@@H]1C[C@H](O)[C@@H](CN)O[C@@H]1OC1[C@@H](N)C[C@@H](NCC(O)CN)[C@H](O[C@H]2O[C@H](CO)[C@@H](O)[C@H](N)[C@H]2O)[C@H]1O. The van der Waals surface area contributed by atoms with Gasteiger partial charge in [-0.25, -0.2) is 0 Å². The standard InChI is InChI=1S/C24H51N7O10/c25-2-1-3-30-13-5-14(34)15(7-27)38-23(13)40-21-11(28)4-12(31-8-10(33)6-26)22(20(21)37)41-24-19(36)17(29)18(35)16(9-32)39-24/h10-24,30-37H,1-9,25-29H2/t10?,11-,12+,13+,14-,15+,16+,17-,18+,19+,20-,21?,22-,23+,24+/m0/s1. The van der Waals surface area contributed by atoms with Gasteiger partial charge in [-0.3, -0.25) is 0 Å². The van der Waals surface area contributed by atoms with E-state index in [1.54, 1.807) is 0 Å². The summed E-state index contributed by atoms with van der Waals surface area (Å²) in [5, 5.41) is 68.9. The van der Waals surface area contributed by atoms with Gasteiger partial charge in [0.1, 0.15) is 36.6 Å². The van der Waals surface area contributed by atoms with Gasteiger partial charge in [0.2, 0.25) is 0 Å². The molecule has 18 N–H and O–H groups in total. The highest BCUT2D eigenvalue weighted by Crippen LogP contribution is 2.32. The van der Waals surface area contributed by atoms with E-state index in [2.05, 4.69) is 10.6 Å². The molecular weight excluding hydrogens is 546 g/mol. The van der Waals surface area contributed by atoms with Crippen LogP contribution in [0.5, 0.6) is 0 Å². The van der Waals surface area contributed by atoms with Crippen molar-refractivity contribution in [2.45, 2.75) is 111 Å². The van der Waals surface area contributed by atoms with Crippen molar-refractivity contribution in [1.82, 2.24) is 10.6 Å². The molecule has 0 bridgehead atoms. The summed E-state index contributed by atoms with van der Waals surface area (Å²) >= 11 is 0. The van der Waals surface area contributed by atoms with Gasteiger partial charge in [0.05, 0.1) is 37.0 Å². The lowest BCUT2D eigenvalue weighted by Crippen LogP contribution is -2.69. The van der Waals surface area contributed by atoms with Gasteiger partial charge in [-0.05, 0) is 32.4 Å². The molecule has 0 aromatic heterocycles. The van der Waals surface area contributed by atoms with Crippen molar-refractivity contribution in [2.24, 2.45) is 28.7 Å². The molecule has 2 aliphatic heterocycles. The molecule has 1 saturated carbocycles. The molecule has 1 aliphatic carbocycles. The monoisotopic (exact) mass is 597 g/mol. The first-order valence-corrected chi connectivity index (χ1v) is 14.3. The summed E-state index contributed by atoms with van der Waals surface area (Å²) < 4.78 is 23.9. The second-order valence-electron chi connectivity index (χ2n) is 11.1. The van der Waals surface area contributed by atoms with E-state index in [-0.39, 0.29) is 32.5 Å². The van der Waals surface area contributed by atoms with Crippen LogP contribution >= 0.6 is 0 Å². The van der Waals surface area contributed by atoms with Crippen molar-refractivity contribution in [1.29, 1.82) is 0 Å². The number of nitrogens with two attached hydrogens (primary N) is 5. The third-order valence-electron chi connectivity index (χ3n) is 8.01. The van der Waals surface area contributed by atoms with Crippen LogP contribution in [-0.2, 0) is 18.9 Å². The van der Waals surface area contributed by atoms with E-state index in [1.807, 2.05) is 0 Å². The van der Waals surface area contributed by atoms with Crippen molar-refractivity contribution in [3.63, 3.8) is 0 Å². The lowest BCUT2D eigenvalue weighted by Gasteiger charge is -2.49. The summed E-state index contributed by atoms with van der Waals surface area (Å²) in [6.07, 6.45) is -11.1. The topological polar surface area (TPSA) is 312 Å². The maximum Gasteiger partial charge on any atom is 0.186 e. The average Bonchev–Trinajstić information content (AvgIpc) is 2.96. The minimum Gasteiger partial charge on any atom is -0.394 e. The van der Waals surface area contributed by atoms with E-state index in [0.717, 1.165) is 0 Å². The Kier molecular flexibility index (Phi) is 13.9. The van der Waals surface area contributed by atoms with Crippen LogP contribution in [0.3, 0.4) is 0 Å². The molecule has 0 aromatic rings. The smallest absolute Gasteiger partial charge is 0.186 e. The first-order chi connectivity index (χ1) is 19.6. The summed E-state index contributed by atoms with van der Waals surface area (Å²) in [5.74, 6) is 0. The molecule has 242 valence electrons. The van der Waals surface area contributed by atoms with Gasteiger partial charge < -0.3 is 88.9 Å². The molecule has 2 saturated heterocycles. The number of aliphatic hydroxyl groups excluding tert-OH is 6. The van der Waals surface area contributed by atoms with Gasteiger partial charge in [0, 0.05) is 31.7 Å². The molecule has 17 nitrogen and oxygen atoms in total. The predicted molar refractivity (Wildman–Crippen MR) is 145 cm³/mol. The molecule has 2 heterocycles. The molecule has 0 aromatic carbocycles. The quantitative estimate of drug-likeness (QED) is 0.0827. The normalized spacial score (nSPS) is 44.6. The lowest BCUT2D eigenvalue weighted by atomic mass is 9.83. The second kappa shape index (κ2) is 16.4. The maximum absolute atomic E-state index is 11.6. The Morgan fingerprint density at radius 2 is 1.51 bits per heavy atom. The fraction of sp³-hybridized carbons (Fsp3) is 1.00. The highest BCUT2D eigenvalue weighted by Gasteiger charge is 2.51. The largest absolute Gasteiger partial charge is 0.394 e. The van der Waals surface area contributed by atoms with E-state index in [4.69, 9.17) is 47.6 Å². The minimum atomic E-state index is -1.49. The fourth-order valence-electron chi connectivity index (χ4n) is 5.49. The van der Waals surface area contributed by atoms with Gasteiger partial charge in [-0.15, -0.1) is 0 Å². The summed E-state index contributed by atoms with van der Waals surface area (Å²) in [7, 11) is 0. The molecule has 2 unspecified atom stereocenters. The van der Waals surface area contributed by atoms with Crippen LogP contribution in [0.2, 0.25) is 0 Å². The lowest BCUT2D eigenvalue weighted by molar-refractivity contribution is -0.316. The summed E-state index contributed by atoms with van der Waals surface area (Å²) in [4.78, 5) is 0. The zero-order valence-electron chi connectivity index (χ0n) is 23.2. The molecule has 3 aliphatic rings. The first-order valence-electron chi connectivity index (χ1n) is 14.3. The van der Waals surface area contributed by atoms with E-state index in [9.17, 15) is 30.6 Å². The number of ether oxygens (including phenoxy) is 4. The van der Waals surface area contributed by atoms with Crippen LogP contribution in [0.15, 0.2) is 0 Å². The minimum absolute atomic E-state index is 0.00726. The van der Waals surface area contributed by atoms with E-state index < -0.39 is 98.3 Å². The Morgan fingerprint density at radius 1 is 0.829 bits per heavy atom. The third kappa shape index (κ3) is 8.70. The zero-order valence-corrected chi connectivity index (χ0v) is 23.2. The third-order valence-corrected chi connectivity index (χ3v) is 8.01. The number of hydrogen-bond acceptors (Lipinski definition) is 17. The molecule has 0 spiro atoms. The average molecular weight is 598 g/mol. The molecule has 15 atom stereocenters. The van der Waals surface area contributed by atoms with Crippen LogP contribution in [0.1, 0.15) is 19.3 Å². The number of hydrogen-bond donors (Lipinski definition) is 13. The molecular formula is C24H51N7O10. The Hall–Kier alpha value is -0.680. The van der Waals surface area contributed by atoms with Crippen LogP contribution < -0.4 is 39.3 Å². The van der Waals surface area contributed by atoms with Crippen LogP contribution in [0.4, 0.5) is 0 Å². The molecule has 17 heteroatoms. The van der Waals surface area contributed by atoms with Crippen LogP contribution in [0.25, 0.3) is 0 Å². The summed E-state index contributed by atoms with van der Waals surface area (Å²) in [6, 6.07) is -3.04. The number of nitrogens with one attached hydrogen (secondary N) is 2. The van der Waals surface area contributed by atoms with Crippen LogP contribution in [-0.4, -0.2) is 162 Å². The van der Waals surface area contributed by atoms with Gasteiger partial charge in [-0.1, -0.05) is 0 Å². The van der Waals surface area contributed by atoms with Gasteiger partial charge in [-0.2, -0.15) is 0 Å². The van der Waals surface area contributed by atoms with E-state index in [0.29, 0.717) is 19.5 Å². The molecule has 3 rings (SSSR count). The Bertz CT molecular complexity index is 764. The summed E-state index contributed by atoms with van der Waals surface area (Å²) in [6.45, 7) is 0.526. The van der Waals surface area contributed by atoms with E-state index in [1.165, 1.54) is 0 Å². The Labute approximate surface area is 239 Å². The van der Waals surface area contributed by atoms with Crippen molar-refractivity contribution in [2.75, 3.05) is 39.3 Å². The fourth-order valence-corrected chi connectivity index (χ4v) is 5.49. The number of rotatable bonds is 14. The van der Waals surface area contributed by atoms with Gasteiger partial charge in [0.15, 0.2) is 12.6 Å². The molecule has 41 heavy (non-hydrogen) atoms. The van der Waals surface area contributed by atoms with E-state index >= 15 is 0 Å². The molecule has 0 amide bonds. The van der Waals surface area contributed by atoms with Gasteiger partial charge >= 0.3 is 0 Å². The van der Waals surface area contributed by atoms with Crippen molar-refractivity contribution in [3.05, 3.63) is 0 Å². The zero-order chi connectivity index (χ0) is 30.3. The Morgan fingerprint density at radius 3 is 2.15 bits per heavy atom. The predicted octanol–water partition coefficient (Wildman–Crippen LogP) is -7.37. The first kappa shape index (κ1) is 34.8.